The van der Waals surface area contributed by atoms with Crippen LogP contribution in [0.5, 0.6) is 0 Å². The van der Waals surface area contributed by atoms with E-state index in [2.05, 4.69) is 38.7 Å². The zero-order chi connectivity index (χ0) is 14.7. The van der Waals surface area contributed by atoms with Gasteiger partial charge in [-0.3, -0.25) is 0 Å². The minimum atomic E-state index is 0.602. The van der Waals surface area contributed by atoms with Gasteiger partial charge in [-0.05, 0) is 24.3 Å². The van der Waals surface area contributed by atoms with Gasteiger partial charge < -0.3 is 15.5 Å². The van der Waals surface area contributed by atoms with Crippen molar-refractivity contribution in [2.45, 2.75) is 0 Å². The number of anilines is 2. The molecule has 0 spiro atoms. The Morgan fingerprint density at radius 2 is 1.62 bits per heavy atom. The molecule has 1 aliphatic heterocycles. The maximum Gasteiger partial charge on any atom is 0.128 e. The van der Waals surface area contributed by atoms with Crippen molar-refractivity contribution < 1.29 is 5.73 Å². The third-order valence-corrected chi connectivity index (χ3v) is 3.78. The van der Waals surface area contributed by atoms with Crippen molar-refractivity contribution in [2.75, 3.05) is 36.0 Å². The first kappa shape index (κ1) is 13.4. The van der Waals surface area contributed by atoms with Crippen LogP contribution in [0.15, 0.2) is 42.6 Å². The van der Waals surface area contributed by atoms with E-state index in [0.29, 0.717) is 5.56 Å². The van der Waals surface area contributed by atoms with Crippen LogP contribution in [0.3, 0.4) is 0 Å². The van der Waals surface area contributed by atoms with Gasteiger partial charge in [0.2, 0.25) is 0 Å². The van der Waals surface area contributed by atoms with Crippen LogP contribution >= 0.6 is 0 Å². The Balaban J connectivity index is 1.64. The molecule has 0 atom stereocenters. The van der Waals surface area contributed by atoms with Crippen LogP contribution in [-0.2, 0) is 0 Å². The number of hydrogen-bond donors (Lipinski definition) is 1. The van der Waals surface area contributed by atoms with Crippen molar-refractivity contribution >= 4 is 17.2 Å². The van der Waals surface area contributed by atoms with Crippen LogP contribution in [0.1, 0.15) is 5.56 Å². The molecule has 3 N–H and O–H groups in total. The topological polar surface area (TPSA) is 70.8 Å². The van der Waals surface area contributed by atoms with Gasteiger partial charge in [0.25, 0.3) is 0 Å². The third-order valence-electron chi connectivity index (χ3n) is 3.78. The standard InChI is InChI=1S/C16H17N5/c17-11-13-1-6-16(19-12-13)21-9-7-20(8-10-21)15-4-2-14(18)3-5-15/h1-6,12H,7-10,18H2/p+1. The lowest BCUT2D eigenvalue weighted by molar-refractivity contribution is -0.254. The molecule has 5 nitrogen and oxygen atoms in total. The van der Waals surface area contributed by atoms with E-state index in [9.17, 15) is 0 Å². The van der Waals surface area contributed by atoms with E-state index in [-0.39, 0.29) is 0 Å². The van der Waals surface area contributed by atoms with Gasteiger partial charge in [0, 0.05) is 50.2 Å². The Morgan fingerprint density at radius 1 is 0.952 bits per heavy atom. The molecular formula is C16H18N5+. The van der Waals surface area contributed by atoms with Gasteiger partial charge in [0.1, 0.15) is 17.6 Å². The number of benzene rings is 1. The second-order valence-corrected chi connectivity index (χ2v) is 5.16. The summed E-state index contributed by atoms with van der Waals surface area (Å²) in [5.41, 5.74) is 6.80. The van der Waals surface area contributed by atoms with Gasteiger partial charge in [-0.15, -0.1) is 0 Å². The van der Waals surface area contributed by atoms with E-state index in [0.717, 1.165) is 37.7 Å². The number of aromatic nitrogens is 1. The normalized spacial score (nSPS) is 14.9. The molecule has 106 valence electrons. The summed E-state index contributed by atoms with van der Waals surface area (Å²) in [5, 5.41) is 8.80. The van der Waals surface area contributed by atoms with Crippen molar-refractivity contribution in [3.8, 4) is 6.07 Å². The van der Waals surface area contributed by atoms with Crippen molar-refractivity contribution in [2.24, 2.45) is 0 Å². The SMILES string of the molecule is N#Cc1ccc(N2CCN(c3ccc([NH3+])cc3)CC2)nc1. The van der Waals surface area contributed by atoms with Crippen molar-refractivity contribution in [1.29, 1.82) is 5.26 Å². The second kappa shape index (κ2) is 5.81. The van der Waals surface area contributed by atoms with Gasteiger partial charge in [0.05, 0.1) is 5.56 Å². The summed E-state index contributed by atoms with van der Waals surface area (Å²) < 4.78 is 0. The van der Waals surface area contributed by atoms with E-state index in [1.54, 1.807) is 6.20 Å². The minimum Gasteiger partial charge on any atom is -0.368 e. The van der Waals surface area contributed by atoms with E-state index >= 15 is 0 Å². The minimum absolute atomic E-state index is 0.602. The van der Waals surface area contributed by atoms with Gasteiger partial charge in [0.15, 0.2) is 0 Å². The third kappa shape index (κ3) is 2.96. The zero-order valence-corrected chi connectivity index (χ0v) is 11.9. The summed E-state index contributed by atoms with van der Waals surface area (Å²) in [4.78, 5) is 8.99. The fourth-order valence-electron chi connectivity index (χ4n) is 2.54. The summed E-state index contributed by atoms with van der Waals surface area (Å²) in [5.74, 6) is 0.946. The lowest BCUT2D eigenvalue weighted by Crippen LogP contribution is -2.47. The Morgan fingerprint density at radius 3 is 2.19 bits per heavy atom. The average molecular weight is 280 g/mol. The predicted octanol–water partition coefficient (Wildman–Crippen LogP) is 1.15. The molecule has 1 fully saturated rings. The summed E-state index contributed by atoms with van der Waals surface area (Å²) in [6, 6.07) is 14.2. The van der Waals surface area contributed by atoms with Crippen molar-refractivity contribution in [3.63, 3.8) is 0 Å². The Hall–Kier alpha value is -2.58. The molecule has 2 aromatic rings. The smallest absolute Gasteiger partial charge is 0.128 e. The van der Waals surface area contributed by atoms with Crippen LogP contribution in [0.2, 0.25) is 0 Å². The molecular weight excluding hydrogens is 262 g/mol. The lowest BCUT2D eigenvalue weighted by Gasteiger charge is -2.36. The maximum absolute atomic E-state index is 8.80. The highest BCUT2D eigenvalue weighted by Gasteiger charge is 2.18. The van der Waals surface area contributed by atoms with Gasteiger partial charge in [-0.2, -0.15) is 5.26 Å². The van der Waals surface area contributed by atoms with E-state index in [4.69, 9.17) is 5.26 Å². The first-order valence-corrected chi connectivity index (χ1v) is 7.04. The monoisotopic (exact) mass is 280 g/mol. The number of nitrogens with zero attached hydrogens (tertiary/aromatic N) is 4. The molecule has 0 saturated carbocycles. The number of piperazine rings is 1. The first-order valence-electron chi connectivity index (χ1n) is 7.04. The van der Waals surface area contributed by atoms with Crippen molar-refractivity contribution in [1.82, 2.24) is 4.98 Å². The molecule has 0 radical (unpaired) electrons. The highest BCUT2D eigenvalue weighted by Crippen LogP contribution is 2.20. The van der Waals surface area contributed by atoms with Crippen LogP contribution in [0.25, 0.3) is 0 Å². The largest absolute Gasteiger partial charge is 0.368 e. The van der Waals surface area contributed by atoms with Gasteiger partial charge in [-0.25, -0.2) is 4.98 Å². The fourth-order valence-corrected chi connectivity index (χ4v) is 2.54. The zero-order valence-electron chi connectivity index (χ0n) is 11.9. The van der Waals surface area contributed by atoms with Gasteiger partial charge in [-0.1, -0.05) is 0 Å². The lowest BCUT2D eigenvalue weighted by atomic mass is 10.2. The number of pyridine rings is 1. The highest BCUT2D eigenvalue weighted by atomic mass is 15.3. The predicted molar refractivity (Wildman–Crippen MR) is 82.4 cm³/mol. The first-order chi connectivity index (χ1) is 10.3. The van der Waals surface area contributed by atoms with Crippen LogP contribution in [-0.4, -0.2) is 31.2 Å². The number of hydrogen-bond acceptors (Lipinski definition) is 4. The molecule has 0 amide bonds. The number of quaternary nitrogens is 1. The Kier molecular flexibility index (Phi) is 3.71. The van der Waals surface area contributed by atoms with Crippen LogP contribution in [0.4, 0.5) is 17.2 Å². The van der Waals surface area contributed by atoms with Crippen LogP contribution < -0.4 is 15.5 Å². The molecule has 1 aromatic heterocycles. The van der Waals surface area contributed by atoms with Gasteiger partial charge >= 0.3 is 0 Å². The maximum atomic E-state index is 8.80. The molecule has 1 aliphatic rings. The molecule has 2 heterocycles. The number of rotatable bonds is 2. The molecule has 0 bridgehead atoms. The molecule has 0 aliphatic carbocycles. The second-order valence-electron chi connectivity index (χ2n) is 5.16. The summed E-state index contributed by atoms with van der Waals surface area (Å²) in [6.07, 6.45) is 1.63. The fraction of sp³-hybridized carbons (Fsp3) is 0.250. The Labute approximate surface area is 124 Å². The van der Waals surface area contributed by atoms with Crippen molar-refractivity contribution in [3.05, 3.63) is 48.2 Å². The van der Waals surface area contributed by atoms with Crippen LogP contribution in [0, 0.1) is 11.3 Å². The molecule has 0 unspecified atom stereocenters. The Bertz CT molecular complexity index is 634. The number of nitriles is 1. The van der Waals surface area contributed by atoms with E-state index < -0.39 is 0 Å². The molecule has 1 saturated heterocycles. The average Bonchev–Trinajstić information content (AvgIpc) is 2.56. The summed E-state index contributed by atoms with van der Waals surface area (Å²) in [7, 11) is 0. The van der Waals surface area contributed by atoms with E-state index in [1.165, 1.54) is 5.69 Å². The highest BCUT2D eigenvalue weighted by molar-refractivity contribution is 5.52. The molecule has 21 heavy (non-hydrogen) atoms. The molecule has 5 heteroatoms. The molecule has 1 aromatic carbocycles. The quantitative estimate of drug-likeness (QED) is 0.896. The summed E-state index contributed by atoms with van der Waals surface area (Å²) in [6.45, 7) is 3.81. The molecule has 3 rings (SSSR count). The summed E-state index contributed by atoms with van der Waals surface area (Å²) >= 11 is 0. The van der Waals surface area contributed by atoms with E-state index in [1.807, 2.05) is 24.3 Å².